The monoisotopic (exact) mass is 339 g/mol. The van der Waals surface area contributed by atoms with Crippen molar-refractivity contribution >= 4 is 12.0 Å². The topological polar surface area (TPSA) is 29.5 Å². The summed E-state index contributed by atoms with van der Waals surface area (Å²) >= 11 is 0. The van der Waals surface area contributed by atoms with Gasteiger partial charge in [0.25, 0.3) is 0 Å². The minimum absolute atomic E-state index is 0.0837. The van der Waals surface area contributed by atoms with Gasteiger partial charge >= 0.3 is 0 Å². The lowest BCUT2D eigenvalue weighted by molar-refractivity contribution is -0.127. The van der Waals surface area contributed by atoms with Crippen LogP contribution in [0.5, 0.6) is 5.75 Å². The highest BCUT2D eigenvalue weighted by atomic mass is 19.1. The molecule has 0 N–H and O–H groups in total. The van der Waals surface area contributed by atoms with E-state index in [9.17, 15) is 9.18 Å². The van der Waals surface area contributed by atoms with Gasteiger partial charge in [-0.25, -0.2) is 4.39 Å². The Kier molecular flexibility index (Phi) is 5.49. The molecule has 0 spiro atoms. The number of carbonyl (C=O) groups excluding carboxylic acids is 1. The quantitative estimate of drug-likeness (QED) is 0.699. The Hall–Kier alpha value is -2.62. The zero-order valence-electron chi connectivity index (χ0n) is 14.3. The molecule has 0 bridgehead atoms. The molecule has 1 aliphatic carbocycles. The highest BCUT2D eigenvalue weighted by Crippen LogP contribution is 2.29. The Morgan fingerprint density at radius 3 is 2.56 bits per heavy atom. The molecular weight excluding hydrogens is 317 g/mol. The third-order valence-corrected chi connectivity index (χ3v) is 4.18. The molecule has 3 rings (SSSR count). The van der Waals surface area contributed by atoms with E-state index in [4.69, 9.17) is 4.74 Å². The number of carbonyl (C=O) groups is 1. The van der Waals surface area contributed by atoms with E-state index < -0.39 is 0 Å². The van der Waals surface area contributed by atoms with Crippen LogP contribution in [-0.4, -0.2) is 23.5 Å². The highest BCUT2D eigenvalue weighted by Gasteiger charge is 2.31. The zero-order chi connectivity index (χ0) is 17.6. The van der Waals surface area contributed by atoms with Gasteiger partial charge in [0.1, 0.15) is 11.6 Å². The van der Waals surface area contributed by atoms with Crippen molar-refractivity contribution in [3.63, 3.8) is 0 Å². The van der Waals surface area contributed by atoms with Crippen molar-refractivity contribution in [2.45, 2.75) is 32.4 Å². The van der Waals surface area contributed by atoms with Crippen LogP contribution in [0.15, 0.2) is 54.6 Å². The minimum Gasteiger partial charge on any atom is -0.494 e. The predicted molar refractivity (Wildman–Crippen MR) is 96.6 cm³/mol. The normalized spacial score (nSPS) is 13.8. The van der Waals surface area contributed by atoms with E-state index in [1.807, 2.05) is 31.2 Å². The second kappa shape index (κ2) is 7.97. The van der Waals surface area contributed by atoms with Crippen LogP contribution in [0, 0.1) is 5.82 Å². The van der Waals surface area contributed by atoms with Gasteiger partial charge < -0.3 is 9.64 Å². The third kappa shape index (κ3) is 4.69. The first kappa shape index (κ1) is 17.2. The van der Waals surface area contributed by atoms with E-state index in [1.54, 1.807) is 35.3 Å². The number of benzene rings is 2. The average Bonchev–Trinajstić information content (AvgIpc) is 3.45. The molecule has 2 aromatic carbocycles. The summed E-state index contributed by atoms with van der Waals surface area (Å²) in [7, 11) is 0. The van der Waals surface area contributed by atoms with Crippen LogP contribution in [0.4, 0.5) is 4.39 Å². The van der Waals surface area contributed by atoms with E-state index in [0.717, 1.165) is 24.2 Å². The molecule has 0 saturated heterocycles. The molecule has 0 aromatic heterocycles. The van der Waals surface area contributed by atoms with Crippen LogP contribution in [0.3, 0.4) is 0 Å². The number of hydrogen-bond acceptors (Lipinski definition) is 2. The van der Waals surface area contributed by atoms with Crippen LogP contribution in [0.1, 0.15) is 30.9 Å². The summed E-state index contributed by atoms with van der Waals surface area (Å²) in [5, 5.41) is 0. The van der Waals surface area contributed by atoms with Crippen molar-refractivity contribution in [1.29, 1.82) is 0 Å². The highest BCUT2D eigenvalue weighted by molar-refractivity contribution is 5.92. The van der Waals surface area contributed by atoms with Gasteiger partial charge in [-0.2, -0.15) is 0 Å². The second-order valence-corrected chi connectivity index (χ2v) is 6.12. The number of amides is 1. The summed E-state index contributed by atoms with van der Waals surface area (Å²) in [5.41, 5.74) is 1.48. The van der Waals surface area contributed by atoms with Crippen molar-refractivity contribution in [2.24, 2.45) is 0 Å². The van der Waals surface area contributed by atoms with Gasteiger partial charge in [0.15, 0.2) is 0 Å². The molecule has 1 fully saturated rings. The molecule has 0 radical (unpaired) electrons. The van der Waals surface area contributed by atoms with Gasteiger partial charge in [-0.15, -0.1) is 0 Å². The van der Waals surface area contributed by atoms with Crippen LogP contribution in [0.25, 0.3) is 6.08 Å². The maximum atomic E-state index is 13.9. The molecule has 2 aromatic rings. The van der Waals surface area contributed by atoms with Crippen LogP contribution < -0.4 is 4.74 Å². The first-order chi connectivity index (χ1) is 12.2. The van der Waals surface area contributed by atoms with Gasteiger partial charge in [-0.1, -0.05) is 30.3 Å². The molecule has 25 heavy (non-hydrogen) atoms. The maximum absolute atomic E-state index is 13.9. The summed E-state index contributed by atoms with van der Waals surface area (Å²) in [6.45, 7) is 2.87. The van der Waals surface area contributed by atoms with Gasteiger partial charge in [0, 0.05) is 24.2 Å². The molecule has 1 aliphatic rings. The van der Waals surface area contributed by atoms with Crippen molar-refractivity contribution in [3.8, 4) is 5.75 Å². The number of halogens is 1. The van der Waals surface area contributed by atoms with Crippen molar-refractivity contribution in [3.05, 3.63) is 71.6 Å². The van der Waals surface area contributed by atoms with E-state index >= 15 is 0 Å². The number of ether oxygens (including phenoxy) is 1. The largest absolute Gasteiger partial charge is 0.494 e. The van der Waals surface area contributed by atoms with Crippen molar-refractivity contribution in [1.82, 2.24) is 4.90 Å². The molecule has 130 valence electrons. The fourth-order valence-corrected chi connectivity index (χ4v) is 2.69. The van der Waals surface area contributed by atoms with E-state index in [-0.39, 0.29) is 17.8 Å². The first-order valence-corrected chi connectivity index (χ1v) is 8.62. The molecule has 0 heterocycles. The Labute approximate surface area is 147 Å². The van der Waals surface area contributed by atoms with Crippen LogP contribution >= 0.6 is 0 Å². The van der Waals surface area contributed by atoms with Gasteiger partial charge in [0.2, 0.25) is 5.91 Å². The second-order valence-electron chi connectivity index (χ2n) is 6.12. The molecule has 0 aliphatic heterocycles. The van der Waals surface area contributed by atoms with Gasteiger partial charge in [-0.3, -0.25) is 4.79 Å². The molecule has 0 atom stereocenters. The summed E-state index contributed by atoms with van der Waals surface area (Å²) in [5.74, 6) is 0.459. The Morgan fingerprint density at radius 1 is 1.20 bits per heavy atom. The lowest BCUT2D eigenvalue weighted by Crippen LogP contribution is -2.31. The molecule has 1 amide bonds. The number of nitrogens with zero attached hydrogens (tertiary/aromatic N) is 1. The summed E-state index contributed by atoms with van der Waals surface area (Å²) in [6, 6.07) is 14.4. The van der Waals surface area contributed by atoms with Crippen LogP contribution in [0.2, 0.25) is 0 Å². The van der Waals surface area contributed by atoms with Crippen LogP contribution in [-0.2, 0) is 11.3 Å². The Morgan fingerprint density at radius 2 is 1.92 bits per heavy atom. The van der Waals surface area contributed by atoms with E-state index in [0.29, 0.717) is 18.7 Å². The number of hydrogen-bond donors (Lipinski definition) is 0. The minimum atomic E-state index is -0.267. The Balaban J connectivity index is 1.67. The summed E-state index contributed by atoms with van der Waals surface area (Å²) in [4.78, 5) is 14.3. The van der Waals surface area contributed by atoms with Crippen molar-refractivity contribution < 1.29 is 13.9 Å². The summed E-state index contributed by atoms with van der Waals surface area (Å²) < 4.78 is 19.3. The SMILES string of the molecule is CCOc1ccc(/C=C/C(=O)N(Cc2ccccc2F)C2CC2)cc1. The predicted octanol–water partition coefficient (Wildman–Crippen LogP) is 4.43. The smallest absolute Gasteiger partial charge is 0.247 e. The maximum Gasteiger partial charge on any atom is 0.247 e. The lowest BCUT2D eigenvalue weighted by Gasteiger charge is -2.21. The molecule has 4 heteroatoms. The van der Waals surface area contributed by atoms with E-state index in [1.165, 1.54) is 6.07 Å². The van der Waals surface area contributed by atoms with Gasteiger partial charge in [-0.05, 0) is 49.6 Å². The number of rotatable bonds is 7. The fraction of sp³-hybridized carbons (Fsp3) is 0.286. The Bertz CT molecular complexity index is 751. The molecular formula is C21H22FNO2. The molecule has 0 unspecified atom stereocenters. The fourth-order valence-electron chi connectivity index (χ4n) is 2.69. The standard InChI is InChI=1S/C21H22FNO2/c1-2-25-19-12-7-16(8-13-19)9-14-21(24)23(18-10-11-18)15-17-5-3-4-6-20(17)22/h3-9,12-14,18H,2,10-11,15H2,1H3/b14-9+. The lowest BCUT2D eigenvalue weighted by atomic mass is 10.1. The first-order valence-electron chi connectivity index (χ1n) is 8.62. The van der Waals surface area contributed by atoms with E-state index in [2.05, 4.69) is 0 Å². The van der Waals surface area contributed by atoms with Gasteiger partial charge in [0.05, 0.1) is 6.61 Å². The summed E-state index contributed by atoms with van der Waals surface area (Å²) in [6.07, 6.45) is 5.32. The molecule has 3 nitrogen and oxygen atoms in total. The third-order valence-electron chi connectivity index (χ3n) is 4.18. The van der Waals surface area contributed by atoms with Crippen molar-refractivity contribution in [2.75, 3.05) is 6.61 Å². The zero-order valence-corrected chi connectivity index (χ0v) is 14.3. The average molecular weight is 339 g/mol. The molecule has 1 saturated carbocycles.